The number of thiazole rings is 1. The van der Waals surface area contributed by atoms with Gasteiger partial charge in [0, 0.05) is 22.1 Å². The maximum absolute atomic E-state index is 12.9. The molecule has 2 N–H and O–H groups in total. The van der Waals surface area contributed by atoms with Gasteiger partial charge in [-0.25, -0.2) is 4.98 Å². The summed E-state index contributed by atoms with van der Waals surface area (Å²) in [6.07, 6.45) is 4.44. The first-order chi connectivity index (χ1) is 16.6. The number of carbonyl (C=O) groups excluding carboxylic acids is 1. The summed E-state index contributed by atoms with van der Waals surface area (Å²) in [5.74, 6) is 0.734. The van der Waals surface area contributed by atoms with Gasteiger partial charge in [0.25, 0.3) is 5.91 Å². The molecule has 0 saturated heterocycles. The Balaban J connectivity index is 1.43. The number of para-hydroxylation sites is 1. The average molecular weight is 510 g/mol. The fraction of sp³-hybridized carbons (Fsp3) is 0.240. The van der Waals surface area contributed by atoms with E-state index in [0.717, 1.165) is 38.6 Å². The molecule has 0 spiro atoms. The van der Waals surface area contributed by atoms with E-state index in [0.29, 0.717) is 17.1 Å². The number of amides is 1. The number of benzene rings is 2. The van der Waals surface area contributed by atoms with E-state index in [1.807, 2.05) is 18.2 Å². The summed E-state index contributed by atoms with van der Waals surface area (Å²) in [5.41, 5.74) is 3.86. The third kappa shape index (κ3) is 4.51. The summed E-state index contributed by atoms with van der Waals surface area (Å²) in [6.45, 7) is 0. The minimum atomic E-state index is -0.336. The van der Waals surface area contributed by atoms with Crippen LogP contribution >= 0.6 is 34.9 Å². The first kappa shape index (κ1) is 22.8. The van der Waals surface area contributed by atoms with Crippen molar-refractivity contribution < 1.29 is 14.3 Å². The van der Waals surface area contributed by atoms with Crippen LogP contribution in [0.25, 0.3) is 20.8 Å². The van der Waals surface area contributed by atoms with Crippen molar-refractivity contribution in [2.24, 2.45) is 0 Å². The zero-order valence-corrected chi connectivity index (χ0v) is 21.2. The third-order valence-electron chi connectivity index (χ3n) is 5.75. The molecule has 1 amide bonds. The predicted octanol–water partition coefficient (Wildman–Crippen LogP) is 6.05. The molecule has 0 atom stereocenters. The van der Waals surface area contributed by atoms with Crippen LogP contribution in [0.3, 0.4) is 0 Å². The summed E-state index contributed by atoms with van der Waals surface area (Å²) in [5, 5.41) is 8.24. The fourth-order valence-electron chi connectivity index (χ4n) is 4.11. The summed E-state index contributed by atoms with van der Waals surface area (Å²) in [7, 11) is 3.09. The van der Waals surface area contributed by atoms with Gasteiger partial charge in [-0.1, -0.05) is 12.1 Å². The highest BCUT2D eigenvalue weighted by atomic mass is 32.1. The number of aryl methyl sites for hydroxylation is 1. The monoisotopic (exact) mass is 509 g/mol. The molecule has 4 aromatic rings. The lowest BCUT2D eigenvalue weighted by molar-refractivity contribution is 0.0977. The number of thiocarbonyl (C=S) groups is 1. The van der Waals surface area contributed by atoms with E-state index < -0.39 is 0 Å². The fourth-order valence-corrected chi connectivity index (χ4v) is 6.77. The van der Waals surface area contributed by atoms with Gasteiger partial charge >= 0.3 is 0 Å². The molecule has 5 rings (SSSR count). The molecular formula is C25H23N3O3S3. The first-order valence-corrected chi connectivity index (χ1v) is 13.0. The molecule has 0 radical (unpaired) electrons. The number of nitrogens with zero attached hydrogens (tertiary/aromatic N) is 1. The number of ether oxygens (including phenoxy) is 2. The number of aromatic nitrogens is 1. The molecule has 0 bridgehead atoms. The lowest BCUT2D eigenvalue weighted by Crippen LogP contribution is -2.34. The second-order valence-corrected chi connectivity index (χ2v) is 10.5. The Morgan fingerprint density at radius 2 is 1.76 bits per heavy atom. The average Bonchev–Trinajstić information content (AvgIpc) is 3.43. The topological polar surface area (TPSA) is 72.5 Å². The maximum Gasteiger partial charge on any atom is 0.257 e. The van der Waals surface area contributed by atoms with Crippen LogP contribution < -0.4 is 20.1 Å². The molecule has 34 heavy (non-hydrogen) atoms. The molecular weight excluding hydrogens is 486 g/mol. The van der Waals surface area contributed by atoms with E-state index in [1.165, 1.54) is 23.3 Å². The smallest absolute Gasteiger partial charge is 0.257 e. The van der Waals surface area contributed by atoms with Crippen LogP contribution in [0.5, 0.6) is 11.5 Å². The molecule has 0 saturated carbocycles. The summed E-state index contributed by atoms with van der Waals surface area (Å²) < 4.78 is 11.7. The van der Waals surface area contributed by atoms with E-state index in [1.54, 1.807) is 55.1 Å². The summed E-state index contributed by atoms with van der Waals surface area (Å²) in [6, 6.07) is 13.2. The Hall–Kier alpha value is -3.01. The molecule has 174 valence electrons. The number of fused-ring (bicyclic) bond motifs is 2. The van der Waals surface area contributed by atoms with Crippen molar-refractivity contribution in [1.29, 1.82) is 0 Å². The Morgan fingerprint density at radius 1 is 1.03 bits per heavy atom. The van der Waals surface area contributed by atoms with Crippen LogP contribution in [0.15, 0.2) is 42.5 Å². The molecule has 1 aliphatic carbocycles. The minimum Gasteiger partial charge on any atom is -0.497 e. The van der Waals surface area contributed by atoms with Crippen LogP contribution in [0.1, 0.15) is 33.6 Å². The lowest BCUT2D eigenvalue weighted by Gasteiger charge is -2.13. The highest BCUT2D eigenvalue weighted by molar-refractivity contribution is 7.80. The number of thiophene rings is 1. The van der Waals surface area contributed by atoms with Gasteiger partial charge in [0.05, 0.1) is 24.4 Å². The summed E-state index contributed by atoms with van der Waals surface area (Å²) in [4.78, 5) is 19.2. The van der Waals surface area contributed by atoms with Crippen molar-refractivity contribution in [3.63, 3.8) is 0 Å². The van der Waals surface area contributed by atoms with Gasteiger partial charge in [0.15, 0.2) is 5.11 Å². The van der Waals surface area contributed by atoms with Gasteiger partial charge in [-0.3, -0.25) is 10.1 Å². The number of rotatable bonds is 5. The number of hydrogen-bond donors (Lipinski definition) is 2. The van der Waals surface area contributed by atoms with Crippen LogP contribution in [-0.4, -0.2) is 30.2 Å². The lowest BCUT2D eigenvalue weighted by atomic mass is 9.96. The Bertz CT molecular complexity index is 1340. The molecule has 9 heteroatoms. The SMILES string of the molecule is COc1cc(OC)cc(C(=O)NC(=S)Nc2sc3c(c2-c2nc4ccccc4s2)CCCC3)c1. The number of methoxy groups -OCH3 is 2. The van der Waals surface area contributed by atoms with E-state index >= 15 is 0 Å². The third-order valence-corrected chi connectivity index (χ3v) is 8.21. The number of anilines is 1. The molecule has 0 fully saturated rings. The molecule has 0 unspecified atom stereocenters. The molecule has 2 aromatic carbocycles. The standard InChI is InChI=1S/C25H23N3O3S3/c1-30-15-11-14(12-16(13-15)31-2)22(29)27-25(32)28-24-21(17-7-3-5-9-19(17)33-24)23-26-18-8-4-6-10-20(18)34-23/h4,6,8,10-13H,3,5,7,9H2,1-2H3,(H2,27,28,29,32). The first-order valence-electron chi connectivity index (χ1n) is 10.9. The van der Waals surface area contributed by atoms with Gasteiger partial charge in [-0.15, -0.1) is 22.7 Å². The van der Waals surface area contributed by atoms with Crippen molar-refractivity contribution in [2.45, 2.75) is 25.7 Å². The van der Waals surface area contributed by atoms with Gasteiger partial charge in [-0.2, -0.15) is 0 Å². The van der Waals surface area contributed by atoms with Crippen LogP contribution in [0, 0.1) is 0 Å². The zero-order chi connectivity index (χ0) is 23.7. The maximum atomic E-state index is 12.9. The Morgan fingerprint density at radius 3 is 2.50 bits per heavy atom. The van der Waals surface area contributed by atoms with Gasteiger partial charge in [0.2, 0.25) is 0 Å². The van der Waals surface area contributed by atoms with E-state index in [4.69, 9.17) is 26.7 Å². The Kier molecular flexibility index (Phi) is 6.49. The van der Waals surface area contributed by atoms with Crippen molar-refractivity contribution in [1.82, 2.24) is 10.3 Å². The number of hydrogen-bond acceptors (Lipinski definition) is 7. The second kappa shape index (κ2) is 9.69. The number of nitrogens with one attached hydrogen (secondary N) is 2. The summed E-state index contributed by atoms with van der Waals surface area (Å²) >= 11 is 8.93. The minimum absolute atomic E-state index is 0.243. The van der Waals surface area contributed by atoms with E-state index in [9.17, 15) is 4.79 Å². The van der Waals surface area contributed by atoms with Gasteiger partial charge < -0.3 is 14.8 Å². The van der Waals surface area contributed by atoms with E-state index in [-0.39, 0.29) is 11.0 Å². The number of carbonyl (C=O) groups is 1. The van der Waals surface area contributed by atoms with Crippen molar-refractivity contribution in [2.75, 3.05) is 19.5 Å². The normalized spacial score (nSPS) is 12.8. The van der Waals surface area contributed by atoms with E-state index in [2.05, 4.69) is 16.7 Å². The highest BCUT2D eigenvalue weighted by Gasteiger charge is 2.25. The molecule has 1 aliphatic rings. The second-order valence-electron chi connectivity index (χ2n) is 7.91. The highest BCUT2D eigenvalue weighted by Crippen LogP contribution is 2.46. The van der Waals surface area contributed by atoms with Crippen LogP contribution in [0.4, 0.5) is 5.00 Å². The van der Waals surface area contributed by atoms with Crippen molar-refractivity contribution >= 4 is 61.1 Å². The quantitative estimate of drug-likeness (QED) is 0.319. The Labute approximate surface area is 210 Å². The predicted molar refractivity (Wildman–Crippen MR) is 143 cm³/mol. The van der Waals surface area contributed by atoms with Crippen molar-refractivity contribution in [3.8, 4) is 22.1 Å². The van der Waals surface area contributed by atoms with Gasteiger partial charge in [0.1, 0.15) is 21.5 Å². The molecule has 6 nitrogen and oxygen atoms in total. The molecule has 2 heterocycles. The van der Waals surface area contributed by atoms with Crippen molar-refractivity contribution in [3.05, 3.63) is 58.5 Å². The largest absolute Gasteiger partial charge is 0.497 e. The zero-order valence-electron chi connectivity index (χ0n) is 18.8. The van der Waals surface area contributed by atoms with Gasteiger partial charge in [-0.05, 0) is 67.7 Å². The molecule has 2 aromatic heterocycles. The van der Waals surface area contributed by atoms with Crippen LogP contribution in [0.2, 0.25) is 0 Å². The molecule has 0 aliphatic heterocycles. The van der Waals surface area contributed by atoms with Crippen LogP contribution in [-0.2, 0) is 12.8 Å².